The fraction of sp³-hybridized carbons (Fsp3) is 0.0667. The average Bonchev–Trinajstić information content (AvgIpc) is 2.99. The molecule has 0 bridgehead atoms. The number of benzene rings is 1. The molecule has 0 saturated carbocycles. The number of hydrogen-bond acceptors (Lipinski definition) is 4. The molecule has 0 unspecified atom stereocenters. The summed E-state index contributed by atoms with van der Waals surface area (Å²) >= 11 is 1.63. The fourth-order valence-electron chi connectivity index (χ4n) is 2.07. The Bertz CT molecular complexity index is 735. The van der Waals surface area contributed by atoms with Gasteiger partial charge < -0.3 is 4.74 Å². The molecule has 94 valence electrons. The summed E-state index contributed by atoms with van der Waals surface area (Å²) in [6.45, 7) is 0. The van der Waals surface area contributed by atoms with Gasteiger partial charge in [-0.15, -0.1) is 0 Å². The molecule has 1 aromatic carbocycles. The number of fused-ring (bicyclic) bond motifs is 1. The van der Waals surface area contributed by atoms with Gasteiger partial charge >= 0.3 is 0 Å². The first-order valence-electron chi connectivity index (χ1n) is 5.78. The third-order valence-electron chi connectivity index (χ3n) is 2.99. The van der Waals surface area contributed by atoms with E-state index in [1.54, 1.807) is 18.4 Å². The molecule has 3 rings (SSSR count). The molecule has 0 amide bonds. The smallest absolute Gasteiger partial charge is 0.168 e. The molecule has 0 aliphatic rings. The minimum absolute atomic E-state index is 0.432. The van der Waals surface area contributed by atoms with Crippen LogP contribution in [-0.4, -0.2) is 18.4 Å². The van der Waals surface area contributed by atoms with Crippen molar-refractivity contribution in [1.82, 2.24) is 4.98 Å². The molecule has 0 spiro atoms. The van der Waals surface area contributed by atoms with Gasteiger partial charge in [0, 0.05) is 11.5 Å². The molecule has 0 saturated heterocycles. The van der Waals surface area contributed by atoms with Crippen LogP contribution in [0.3, 0.4) is 0 Å². The number of hydrogen-bond donors (Lipinski definition) is 0. The first kappa shape index (κ1) is 11.9. The van der Waals surface area contributed by atoms with Crippen molar-refractivity contribution in [3.05, 3.63) is 46.8 Å². The Balaban J connectivity index is 2.33. The van der Waals surface area contributed by atoms with Crippen molar-refractivity contribution in [2.45, 2.75) is 0 Å². The second-order valence-electron chi connectivity index (χ2n) is 4.11. The number of aromatic nitrogens is 1. The van der Waals surface area contributed by atoms with E-state index in [1.165, 1.54) is 0 Å². The molecule has 3 aromatic rings. The van der Waals surface area contributed by atoms with Crippen LogP contribution in [-0.2, 0) is 0 Å². The third-order valence-corrected chi connectivity index (χ3v) is 3.67. The zero-order valence-corrected chi connectivity index (χ0v) is 11.1. The summed E-state index contributed by atoms with van der Waals surface area (Å²) in [4.78, 5) is 15.4. The van der Waals surface area contributed by atoms with Gasteiger partial charge in [-0.2, -0.15) is 11.3 Å². The monoisotopic (exact) mass is 269 g/mol. The summed E-state index contributed by atoms with van der Waals surface area (Å²) in [7, 11) is 1.62. The van der Waals surface area contributed by atoms with Gasteiger partial charge in [-0.05, 0) is 46.2 Å². The van der Waals surface area contributed by atoms with Gasteiger partial charge in [0.15, 0.2) is 6.29 Å². The Morgan fingerprint density at radius 3 is 2.84 bits per heavy atom. The average molecular weight is 269 g/mol. The van der Waals surface area contributed by atoms with E-state index in [0.717, 1.165) is 34.1 Å². The number of methoxy groups -OCH3 is 1. The first-order valence-corrected chi connectivity index (χ1v) is 6.72. The van der Waals surface area contributed by atoms with E-state index in [1.807, 2.05) is 35.7 Å². The second-order valence-corrected chi connectivity index (χ2v) is 4.89. The Morgan fingerprint density at radius 2 is 2.16 bits per heavy atom. The Morgan fingerprint density at radius 1 is 1.26 bits per heavy atom. The van der Waals surface area contributed by atoms with Gasteiger partial charge in [0.25, 0.3) is 0 Å². The fourth-order valence-corrected chi connectivity index (χ4v) is 2.73. The highest BCUT2D eigenvalue weighted by atomic mass is 32.1. The Hall–Kier alpha value is -2.20. The highest BCUT2D eigenvalue weighted by Crippen LogP contribution is 2.31. The van der Waals surface area contributed by atoms with E-state index < -0.39 is 0 Å². The van der Waals surface area contributed by atoms with E-state index in [2.05, 4.69) is 10.4 Å². The molecule has 0 N–H and O–H groups in total. The summed E-state index contributed by atoms with van der Waals surface area (Å²) in [6, 6.07) is 9.59. The molecule has 0 fully saturated rings. The van der Waals surface area contributed by atoms with Crippen LogP contribution in [0.25, 0.3) is 22.0 Å². The number of aldehydes is 1. The number of ether oxygens (including phenoxy) is 1. The van der Waals surface area contributed by atoms with E-state index in [0.29, 0.717) is 5.69 Å². The summed E-state index contributed by atoms with van der Waals surface area (Å²) in [5, 5.41) is 5.10. The number of pyridine rings is 1. The van der Waals surface area contributed by atoms with Crippen molar-refractivity contribution in [2.75, 3.05) is 7.11 Å². The van der Waals surface area contributed by atoms with E-state index >= 15 is 0 Å². The standard InChI is InChI=1S/C15H11NO2S/c1-18-12-2-3-13-14(10-4-5-19-9-10)6-11(8-17)16-15(13)7-12/h2-9H,1H3. The molecule has 2 heterocycles. The van der Waals surface area contributed by atoms with Crippen molar-refractivity contribution in [3.63, 3.8) is 0 Å². The highest BCUT2D eigenvalue weighted by Gasteiger charge is 2.09. The van der Waals surface area contributed by atoms with Crippen molar-refractivity contribution >= 4 is 28.5 Å². The molecule has 0 atom stereocenters. The normalized spacial score (nSPS) is 10.6. The molecule has 0 radical (unpaired) electrons. The number of rotatable bonds is 3. The zero-order chi connectivity index (χ0) is 13.2. The molecule has 0 aliphatic carbocycles. The Kier molecular flexibility index (Phi) is 3.01. The molecule has 4 heteroatoms. The van der Waals surface area contributed by atoms with Crippen LogP contribution in [0.15, 0.2) is 41.1 Å². The van der Waals surface area contributed by atoms with Crippen LogP contribution in [0.4, 0.5) is 0 Å². The lowest BCUT2D eigenvalue weighted by Gasteiger charge is -2.07. The van der Waals surface area contributed by atoms with Crippen molar-refractivity contribution in [1.29, 1.82) is 0 Å². The number of thiophene rings is 1. The predicted octanol–water partition coefficient (Wildman–Crippen LogP) is 3.78. The molecule has 2 aromatic heterocycles. The summed E-state index contributed by atoms with van der Waals surface area (Å²) in [5.41, 5.74) is 3.33. The zero-order valence-electron chi connectivity index (χ0n) is 10.3. The van der Waals surface area contributed by atoms with Crippen LogP contribution < -0.4 is 4.74 Å². The van der Waals surface area contributed by atoms with Crippen molar-refractivity contribution < 1.29 is 9.53 Å². The number of carbonyl (C=O) groups is 1. The topological polar surface area (TPSA) is 39.2 Å². The van der Waals surface area contributed by atoms with Gasteiger partial charge in [-0.3, -0.25) is 4.79 Å². The summed E-state index contributed by atoms with van der Waals surface area (Å²) < 4.78 is 5.20. The maximum atomic E-state index is 11.0. The van der Waals surface area contributed by atoms with Gasteiger partial charge in [-0.25, -0.2) is 4.98 Å². The maximum absolute atomic E-state index is 11.0. The quantitative estimate of drug-likeness (QED) is 0.679. The summed E-state index contributed by atoms with van der Waals surface area (Å²) in [5.74, 6) is 0.735. The predicted molar refractivity (Wildman–Crippen MR) is 77.0 cm³/mol. The Labute approximate surface area is 114 Å². The van der Waals surface area contributed by atoms with Gasteiger partial charge in [0.1, 0.15) is 11.4 Å². The molecule has 3 nitrogen and oxygen atoms in total. The lowest BCUT2D eigenvalue weighted by molar-refractivity contribution is 0.111. The van der Waals surface area contributed by atoms with Crippen molar-refractivity contribution in [2.24, 2.45) is 0 Å². The van der Waals surface area contributed by atoms with Crippen LogP contribution in [0.1, 0.15) is 10.5 Å². The molecule has 19 heavy (non-hydrogen) atoms. The minimum atomic E-state index is 0.432. The SMILES string of the molecule is COc1ccc2c(-c3ccsc3)cc(C=O)nc2c1. The summed E-state index contributed by atoms with van der Waals surface area (Å²) in [6.07, 6.45) is 0.773. The maximum Gasteiger partial charge on any atom is 0.168 e. The molecular formula is C15H11NO2S. The van der Waals surface area contributed by atoms with Crippen LogP contribution >= 0.6 is 11.3 Å². The molecular weight excluding hydrogens is 258 g/mol. The van der Waals surface area contributed by atoms with Crippen molar-refractivity contribution in [3.8, 4) is 16.9 Å². The first-order chi connectivity index (χ1) is 9.31. The van der Waals surface area contributed by atoms with Crippen LogP contribution in [0.2, 0.25) is 0 Å². The molecule has 0 aliphatic heterocycles. The van der Waals surface area contributed by atoms with E-state index in [4.69, 9.17) is 4.74 Å². The lowest BCUT2D eigenvalue weighted by atomic mass is 10.0. The van der Waals surface area contributed by atoms with Crippen LogP contribution in [0, 0.1) is 0 Å². The largest absolute Gasteiger partial charge is 0.497 e. The third kappa shape index (κ3) is 2.11. The van der Waals surface area contributed by atoms with E-state index in [-0.39, 0.29) is 0 Å². The minimum Gasteiger partial charge on any atom is -0.497 e. The highest BCUT2D eigenvalue weighted by molar-refractivity contribution is 7.08. The number of carbonyl (C=O) groups excluding carboxylic acids is 1. The van der Waals surface area contributed by atoms with Gasteiger partial charge in [0.2, 0.25) is 0 Å². The second kappa shape index (κ2) is 4.82. The lowest BCUT2D eigenvalue weighted by Crippen LogP contribution is -1.92. The number of nitrogens with zero attached hydrogens (tertiary/aromatic N) is 1. The van der Waals surface area contributed by atoms with Gasteiger partial charge in [0.05, 0.1) is 12.6 Å². The van der Waals surface area contributed by atoms with Crippen LogP contribution in [0.5, 0.6) is 5.75 Å². The van der Waals surface area contributed by atoms with E-state index in [9.17, 15) is 4.79 Å². The van der Waals surface area contributed by atoms with Gasteiger partial charge in [-0.1, -0.05) is 0 Å².